The van der Waals surface area contributed by atoms with Gasteiger partial charge in [-0.1, -0.05) is 24.4 Å². The minimum atomic E-state index is 0.136. The van der Waals surface area contributed by atoms with Crippen LogP contribution >= 0.6 is 11.6 Å². The summed E-state index contributed by atoms with van der Waals surface area (Å²) in [4.78, 5) is 13.1. The zero-order valence-electron chi connectivity index (χ0n) is 13.5. The Morgan fingerprint density at radius 3 is 2.48 bits per heavy atom. The predicted octanol–water partition coefficient (Wildman–Crippen LogP) is 1.27. The maximum atomic E-state index is 5.91. The maximum Gasteiger partial charge on any atom is 0.223 e. The van der Waals surface area contributed by atoms with E-state index in [9.17, 15) is 0 Å². The largest absolute Gasteiger partial charge is 0.393 e. The Labute approximate surface area is 142 Å². The van der Waals surface area contributed by atoms with E-state index in [1.807, 2.05) is 0 Å². The highest BCUT2D eigenvalue weighted by atomic mass is 35.5. The monoisotopic (exact) mass is 339 g/mol. The molecule has 0 unspecified atom stereocenters. The number of halogens is 1. The van der Waals surface area contributed by atoms with Crippen LogP contribution < -0.4 is 16.8 Å². The van der Waals surface area contributed by atoms with Gasteiger partial charge in [0.1, 0.15) is 5.69 Å². The summed E-state index contributed by atoms with van der Waals surface area (Å²) in [6.07, 6.45) is 5.58. The summed E-state index contributed by atoms with van der Waals surface area (Å²) in [5.74, 6) is 0.656. The molecule has 1 aromatic heterocycles. The van der Waals surface area contributed by atoms with Crippen LogP contribution in [0.15, 0.2) is 0 Å². The molecule has 5 N–H and O–H groups in total. The van der Waals surface area contributed by atoms with E-state index >= 15 is 0 Å². The first-order valence-electron chi connectivity index (χ1n) is 8.42. The Hall–Kier alpha value is -1.31. The topological polar surface area (TPSA) is 96.3 Å². The summed E-state index contributed by atoms with van der Waals surface area (Å²) >= 11 is 5.91. The van der Waals surface area contributed by atoms with Crippen molar-refractivity contribution in [3.05, 3.63) is 5.15 Å². The molecule has 0 bridgehead atoms. The van der Waals surface area contributed by atoms with E-state index in [0.717, 1.165) is 32.2 Å². The summed E-state index contributed by atoms with van der Waals surface area (Å²) in [5.41, 5.74) is 11.8. The molecule has 7 nitrogen and oxygen atoms in total. The second-order valence-corrected chi connectivity index (χ2v) is 6.74. The Morgan fingerprint density at radius 2 is 1.78 bits per heavy atom. The van der Waals surface area contributed by atoms with Crippen LogP contribution in [-0.2, 0) is 0 Å². The number of nitrogens with zero attached hydrogens (tertiary/aromatic N) is 4. The van der Waals surface area contributed by atoms with Crippen LogP contribution in [0.25, 0.3) is 0 Å². The summed E-state index contributed by atoms with van der Waals surface area (Å²) in [6, 6.07) is 0.834. The van der Waals surface area contributed by atoms with Gasteiger partial charge in [-0.15, -0.1) is 0 Å². The van der Waals surface area contributed by atoms with Crippen molar-refractivity contribution < 1.29 is 0 Å². The lowest BCUT2D eigenvalue weighted by Crippen LogP contribution is -2.50. The lowest BCUT2D eigenvalue weighted by Gasteiger charge is -2.38. The molecule has 2 fully saturated rings. The van der Waals surface area contributed by atoms with E-state index < -0.39 is 0 Å². The molecule has 0 spiro atoms. The number of hydrogen-bond donors (Lipinski definition) is 3. The van der Waals surface area contributed by atoms with Crippen LogP contribution in [0.2, 0.25) is 5.15 Å². The van der Waals surface area contributed by atoms with Gasteiger partial charge in [0.25, 0.3) is 0 Å². The quantitative estimate of drug-likeness (QED) is 0.695. The van der Waals surface area contributed by atoms with E-state index in [2.05, 4.69) is 25.1 Å². The van der Waals surface area contributed by atoms with E-state index in [4.69, 9.17) is 23.1 Å². The molecular formula is C15H26ClN7. The van der Waals surface area contributed by atoms with Gasteiger partial charge in [-0.3, -0.25) is 9.80 Å². The molecule has 1 aliphatic carbocycles. The molecular weight excluding hydrogens is 314 g/mol. The molecule has 0 amide bonds. The van der Waals surface area contributed by atoms with Crippen LogP contribution in [0.1, 0.15) is 25.7 Å². The summed E-state index contributed by atoms with van der Waals surface area (Å²) in [6.45, 7) is 6.33. The fourth-order valence-electron chi connectivity index (χ4n) is 3.55. The Balaban J connectivity index is 1.42. The van der Waals surface area contributed by atoms with Gasteiger partial charge in [0.2, 0.25) is 5.95 Å². The predicted molar refractivity (Wildman–Crippen MR) is 94.6 cm³/mol. The summed E-state index contributed by atoms with van der Waals surface area (Å²) in [5, 5.41) is 3.41. The maximum absolute atomic E-state index is 5.91. The SMILES string of the molecule is Nc1nc(Cl)c(N)c(NCCN2CCN(C3CCCC3)CC2)n1. The zero-order valence-corrected chi connectivity index (χ0v) is 14.2. The van der Waals surface area contributed by atoms with Crippen molar-refractivity contribution in [3.63, 3.8) is 0 Å². The van der Waals surface area contributed by atoms with Crippen LogP contribution in [0.3, 0.4) is 0 Å². The van der Waals surface area contributed by atoms with Crippen molar-refractivity contribution in [3.8, 4) is 0 Å². The fraction of sp³-hybridized carbons (Fsp3) is 0.733. The third-order valence-corrected chi connectivity index (χ3v) is 5.17. The molecule has 2 heterocycles. The molecule has 0 aromatic carbocycles. The van der Waals surface area contributed by atoms with E-state index in [-0.39, 0.29) is 11.1 Å². The highest BCUT2D eigenvalue weighted by Crippen LogP contribution is 2.25. The second-order valence-electron chi connectivity index (χ2n) is 6.38. The molecule has 1 saturated heterocycles. The van der Waals surface area contributed by atoms with Gasteiger partial charge < -0.3 is 16.8 Å². The molecule has 1 aromatic rings. The highest BCUT2D eigenvalue weighted by molar-refractivity contribution is 6.32. The van der Waals surface area contributed by atoms with Crippen LogP contribution in [0.4, 0.5) is 17.5 Å². The highest BCUT2D eigenvalue weighted by Gasteiger charge is 2.25. The first kappa shape index (κ1) is 16.5. The molecule has 0 atom stereocenters. The lowest BCUT2D eigenvalue weighted by atomic mass is 10.2. The Kier molecular flexibility index (Phi) is 5.40. The van der Waals surface area contributed by atoms with E-state index in [0.29, 0.717) is 11.5 Å². The van der Waals surface area contributed by atoms with Gasteiger partial charge in [0.15, 0.2) is 11.0 Å². The number of nitrogens with two attached hydrogens (primary N) is 2. The molecule has 2 aliphatic rings. The number of piperazine rings is 1. The molecule has 1 saturated carbocycles. The average molecular weight is 340 g/mol. The van der Waals surface area contributed by atoms with Crippen molar-refractivity contribution in [2.24, 2.45) is 0 Å². The minimum Gasteiger partial charge on any atom is -0.393 e. The van der Waals surface area contributed by atoms with E-state index in [1.54, 1.807) is 0 Å². The van der Waals surface area contributed by atoms with Gasteiger partial charge in [-0.25, -0.2) is 0 Å². The Morgan fingerprint density at radius 1 is 1.09 bits per heavy atom. The average Bonchev–Trinajstić information content (AvgIpc) is 3.07. The van der Waals surface area contributed by atoms with Crippen molar-refractivity contribution >= 4 is 29.1 Å². The van der Waals surface area contributed by atoms with Gasteiger partial charge in [0.05, 0.1) is 0 Å². The number of hydrogen-bond acceptors (Lipinski definition) is 7. The first-order chi connectivity index (χ1) is 11.1. The fourth-order valence-corrected chi connectivity index (χ4v) is 3.72. The van der Waals surface area contributed by atoms with Crippen LogP contribution in [0, 0.1) is 0 Å². The smallest absolute Gasteiger partial charge is 0.223 e. The number of rotatable bonds is 5. The molecule has 1 aliphatic heterocycles. The molecule has 0 radical (unpaired) electrons. The van der Waals surface area contributed by atoms with Crippen LogP contribution in [0.5, 0.6) is 0 Å². The summed E-state index contributed by atoms with van der Waals surface area (Å²) in [7, 11) is 0. The zero-order chi connectivity index (χ0) is 16.2. The van der Waals surface area contributed by atoms with Gasteiger partial charge in [-0.05, 0) is 12.8 Å². The minimum absolute atomic E-state index is 0.136. The van der Waals surface area contributed by atoms with Crippen molar-refractivity contribution in [2.75, 3.05) is 56.1 Å². The standard InChI is InChI=1S/C15H26ClN7/c16-13-12(17)14(21-15(18)20-13)19-5-6-22-7-9-23(10-8-22)11-3-1-2-4-11/h11H,1-10,17H2,(H3,18,19,20,21). The van der Waals surface area contributed by atoms with Crippen molar-refractivity contribution in [1.82, 2.24) is 19.8 Å². The molecule has 23 heavy (non-hydrogen) atoms. The third kappa shape index (κ3) is 4.16. The molecule has 128 valence electrons. The third-order valence-electron chi connectivity index (χ3n) is 4.88. The lowest BCUT2D eigenvalue weighted by molar-refractivity contribution is 0.100. The van der Waals surface area contributed by atoms with Gasteiger partial charge >= 0.3 is 0 Å². The normalized spacial score (nSPS) is 20.9. The second kappa shape index (κ2) is 7.51. The number of anilines is 3. The number of nitrogen functional groups attached to an aromatic ring is 2. The first-order valence-corrected chi connectivity index (χ1v) is 8.80. The van der Waals surface area contributed by atoms with Crippen molar-refractivity contribution in [2.45, 2.75) is 31.7 Å². The molecule has 3 rings (SSSR count). The van der Waals surface area contributed by atoms with Crippen LogP contribution in [-0.4, -0.2) is 65.1 Å². The van der Waals surface area contributed by atoms with E-state index in [1.165, 1.54) is 38.8 Å². The summed E-state index contributed by atoms with van der Waals surface area (Å²) < 4.78 is 0. The van der Waals surface area contributed by atoms with Gasteiger partial charge in [0, 0.05) is 45.3 Å². The number of aromatic nitrogens is 2. The van der Waals surface area contributed by atoms with Gasteiger partial charge in [-0.2, -0.15) is 9.97 Å². The van der Waals surface area contributed by atoms with Crippen molar-refractivity contribution in [1.29, 1.82) is 0 Å². The Bertz CT molecular complexity index is 525. The number of nitrogens with one attached hydrogen (secondary N) is 1. The molecule has 8 heteroatoms.